The zero-order chi connectivity index (χ0) is 14.6. The third-order valence-electron chi connectivity index (χ3n) is 2.77. The van der Waals surface area contributed by atoms with E-state index in [4.69, 9.17) is 5.11 Å². The molecule has 5 nitrogen and oxygen atoms in total. The summed E-state index contributed by atoms with van der Waals surface area (Å²) in [5.74, 6) is 0. The molecule has 0 saturated heterocycles. The van der Waals surface area contributed by atoms with Gasteiger partial charge in [0.1, 0.15) is 0 Å². The number of hydrogen-bond donors (Lipinski definition) is 3. The molecule has 0 heterocycles. The van der Waals surface area contributed by atoms with E-state index in [9.17, 15) is 9.90 Å². The van der Waals surface area contributed by atoms with Crippen LogP contribution in [0.15, 0.2) is 16.6 Å². The number of urea groups is 1. The van der Waals surface area contributed by atoms with E-state index in [2.05, 4.69) is 21.2 Å². The molecule has 2 amide bonds. The number of likely N-dealkylation sites (N-methyl/N-ethyl adjacent to an activating group) is 1. The first-order chi connectivity index (χ1) is 8.85. The van der Waals surface area contributed by atoms with Crippen molar-refractivity contribution in [2.24, 2.45) is 0 Å². The maximum atomic E-state index is 12.0. The van der Waals surface area contributed by atoms with Crippen LogP contribution in [0, 0.1) is 13.8 Å². The molecule has 0 aliphatic carbocycles. The molecule has 106 valence electrons. The van der Waals surface area contributed by atoms with Crippen LogP contribution in [0.3, 0.4) is 0 Å². The second-order valence-corrected chi connectivity index (χ2v) is 5.48. The molecule has 0 radical (unpaired) electrons. The average molecular weight is 331 g/mol. The van der Waals surface area contributed by atoms with Gasteiger partial charge in [-0.05, 0) is 37.1 Å². The number of aliphatic hydroxyl groups excluding tert-OH is 2. The van der Waals surface area contributed by atoms with Crippen LogP contribution >= 0.6 is 15.9 Å². The lowest BCUT2D eigenvalue weighted by Gasteiger charge is -2.21. The summed E-state index contributed by atoms with van der Waals surface area (Å²) in [6.45, 7) is 3.54. The summed E-state index contributed by atoms with van der Waals surface area (Å²) in [6.07, 6.45) is -0.928. The van der Waals surface area contributed by atoms with Gasteiger partial charge in [0.05, 0.1) is 19.3 Å². The summed E-state index contributed by atoms with van der Waals surface area (Å²) < 4.78 is 0.963. The van der Waals surface area contributed by atoms with E-state index in [0.29, 0.717) is 0 Å². The van der Waals surface area contributed by atoms with Crippen LogP contribution in [0.1, 0.15) is 11.1 Å². The van der Waals surface area contributed by atoms with Crippen molar-refractivity contribution in [1.29, 1.82) is 0 Å². The number of aryl methyl sites for hydroxylation is 2. The van der Waals surface area contributed by atoms with Gasteiger partial charge in [0.15, 0.2) is 0 Å². The largest absolute Gasteiger partial charge is 0.394 e. The molecule has 19 heavy (non-hydrogen) atoms. The summed E-state index contributed by atoms with van der Waals surface area (Å²) in [6, 6.07) is 3.53. The highest BCUT2D eigenvalue weighted by molar-refractivity contribution is 9.10. The molecule has 0 spiro atoms. The molecule has 0 fully saturated rings. The van der Waals surface area contributed by atoms with Gasteiger partial charge in [-0.15, -0.1) is 0 Å². The first-order valence-electron chi connectivity index (χ1n) is 5.93. The molecule has 6 heteroatoms. The fourth-order valence-corrected chi connectivity index (χ4v) is 2.45. The molecule has 0 aromatic heterocycles. The number of rotatable bonds is 4. The van der Waals surface area contributed by atoms with E-state index in [0.717, 1.165) is 21.3 Å². The lowest BCUT2D eigenvalue weighted by atomic mass is 10.1. The summed E-state index contributed by atoms with van der Waals surface area (Å²) in [4.78, 5) is 13.3. The first kappa shape index (κ1) is 15.9. The monoisotopic (exact) mass is 330 g/mol. The number of carbonyl (C=O) groups excluding carboxylic acids is 1. The minimum absolute atomic E-state index is 0.0803. The predicted molar refractivity (Wildman–Crippen MR) is 78.4 cm³/mol. The van der Waals surface area contributed by atoms with Gasteiger partial charge < -0.3 is 20.4 Å². The Morgan fingerprint density at radius 1 is 1.42 bits per heavy atom. The van der Waals surface area contributed by atoms with Gasteiger partial charge in [-0.25, -0.2) is 4.79 Å². The Morgan fingerprint density at radius 2 is 1.95 bits per heavy atom. The van der Waals surface area contributed by atoms with E-state index in [1.54, 1.807) is 7.05 Å². The molecule has 0 aliphatic rings. The lowest BCUT2D eigenvalue weighted by Crippen LogP contribution is -2.38. The zero-order valence-corrected chi connectivity index (χ0v) is 12.9. The number of carbonyl (C=O) groups is 1. The van der Waals surface area contributed by atoms with Crippen LogP contribution < -0.4 is 5.32 Å². The van der Waals surface area contributed by atoms with Crippen LogP contribution in [0.25, 0.3) is 0 Å². The number of nitrogens with zero attached hydrogens (tertiary/aromatic N) is 1. The van der Waals surface area contributed by atoms with Gasteiger partial charge in [0, 0.05) is 17.2 Å². The molecular weight excluding hydrogens is 312 g/mol. The molecule has 0 unspecified atom stereocenters. The third-order valence-corrected chi connectivity index (χ3v) is 3.23. The number of hydrogen-bond acceptors (Lipinski definition) is 3. The standard InChI is InChI=1S/C13H19BrN2O3/c1-8-4-10(14)5-9(2)12(8)15-13(19)16(3)6-11(18)7-17/h4-5,11,17-18H,6-7H2,1-3H3,(H,15,19)/t11-/m0/s1. The second kappa shape index (κ2) is 6.88. The normalized spacial score (nSPS) is 12.1. The quantitative estimate of drug-likeness (QED) is 0.789. The molecule has 0 saturated carbocycles. The van der Waals surface area contributed by atoms with E-state index in [1.165, 1.54) is 4.90 Å². The van der Waals surface area contributed by atoms with Crippen molar-refractivity contribution >= 4 is 27.6 Å². The summed E-state index contributed by atoms with van der Waals surface area (Å²) in [5.41, 5.74) is 2.67. The van der Waals surface area contributed by atoms with Crippen molar-refractivity contribution in [3.05, 3.63) is 27.7 Å². The fraction of sp³-hybridized carbons (Fsp3) is 0.462. The molecule has 0 aliphatic heterocycles. The zero-order valence-electron chi connectivity index (χ0n) is 11.3. The molecule has 1 aromatic rings. The molecule has 1 rings (SSSR count). The van der Waals surface area contributed by atoms with Gasteiger partial charge in [0.2, 0.25) is 0 Å². The Hall–Kier alpha value is -1.11. The van der Waals surface area contributed by atoms with Crippen molar-refractivity contribution < 1.29 is 15.0 Å². The lowest BCUT2D eigenvalue weighted by molar-refractivity contribution is 0.0750. The highest BCUT2D eigenvalue weighted by Crippen LogP contribution is 2.25. The van der Waals surface area contributed by atoms with Crippen LogP contribution in [-0.2, 0) is 0 Å². The van der Waals surface area contributed by atoms with Gasteiger partial charge >= 0.3 is 6.03 Å². The molecular formula is C13H19BrN2O3. The van der Waals surface area contributed by atoms with Crippen LogP contribution in [0.5, 0.6) is 0 Å². The van der Waals surface area contributed by atoms with Crippen LogP contribution in [0.2, 0.25) is 0 Å². The Morgan fingerprint density at radius 3 is 2.42 bits per heavy atom. The van der Waals surface area contributed by atoms with E-state index < -0.39 is 6.10 Å². The van der Waals surface area contributed by atoms with Crippen LogP contribution in [-0.4, -0.2) is 47.4 Å². The Labute approximate surface area is 121 Å². The number of nitrogens with one attached hydrogen (secondary N) is 1. The average Bonchev–Trinajstić information content (AvgIpc) is 2.32. The van der Waals surface area contributed by atoms with E-state index >= 15 is 0 Å². The Balaban J connectivity index is 2.77. The molecule has 1 atom stereocenters. The van der Waals surface area contributed by atoms with Crippen LogP contribution in [0.4, 0.5) is 10.5 Å². The highest BCUT2D eigenvalue weighted by atomic mass is 79.9. The molecule has 3 N–H and O–H groups in total. The minimum Gasteiger partial charge on any atom is -0.394 e. The first-order valence-corrected chi connectivity index (χ1v) is 6.72. The van der Waals surface area contributed by atoms with Crippen molar-refractivity contribution in [3.8, 4) is 0 Å². The van der Waals surface area contributed by atoms with Crippen molar-refractivity contribution in [1.82, 2.24) is 4.90 Å². The van der Waals surface area contributed by atoms with Gasteiger partial charge in [-0.1, -0.05) is 15.9 Å². The predicted octanol–water partition coefficient (Wildman–Crippen LogP) is 1.88. The number of aliphatic hydroxyl groups is 2. The molecule has 1 aromatic carbocycles. The number of amides is 2. The Bertz CT molecular complexity index is 442. The SMILES string of the molecule is Cc1cc(Br)cc(C)c1NC(=O)N(C)C[C@H](O)CO. The van der Waals surface area contributed by atoms with Crippen molar-refractivity contribution in [2.45, 2.75) is 20.0 Å². The van der Waals surface area contributed by atoms with Gasteiger partial charge in [-0.3, -0.25) is 0 Å². The summed E-state index contributed by atoms with van der Waals surface area (Å²) >= 11 is 3.40. The van der Waals surface area contributed by atoms with E-state index in [-0.39, 0.29) is 19.2 Å². The Kier molecular flexibility index (Phi) is 5.78. The topological polar surface area (TPSA) is 72.8 Å². The number of anilines is 1. The van der Waals surface area contributed by atoms with Crippen molar-refractivity contribution in [2.75, 3.05) is 25.5 Å². The number of halogens is 1. The summed E-state index contributed by atoms with van der Waals surface area (Å²) in [7, 11) is 1.57. The highest BCUT2D eigenvalue weighted by Gasteiger charge is 2.15. The number of benzene rings is 1. The van der Waals surface area contributed by atoms with Crippen molar-refractivity contribution in [3.63, 3.8) is 0 Å². The third kappa shape index (κ3) is 4.49. The van der Waals surface area contributed by atoms with E-state index in [1.807, 2.05) is 26.0 Å². The van der Waals surface area contributed by atoms with Gasteiger partial charge in [0.25, 0.3) is 0 Å². The fourth-order valence-electron chi connectivity index (χ4n) is 1.77. The maximum Gasteiger partial charge on any atom is 0.321 e. The maximum absolute atomic E-state index is 12.0. The molecule has 0 bridgehead atoms. The second-order valence-electron chi connectivity index (χ2n) is 4.56. The smallest absolute Gasteiger partial charge is 0.321 e. The minimum atomic E-state index is -0.928. The summed E-state index contributed by atoms with van der Waals surface area (Å²) in [5, 5.41) is 20.9. The van der Waals surface area contributed by atoms with Gasteiger partial charge in [-0.2, -0.15) is 0 Å².